The Bertz CT molecular complexity index is 1250. The van der Waals surface area contributed by atoms with Crippen molar-refractivity contribution in [1.29, 1.82) is 0 Å². The van der Waals surface area contributed by atoms with Crippen LogP contribution in [0.5, 0.6) is 11.5 Å². The molecule has 0 atom stereocenters. The normalized spacial score (nSPS) is 15.4. The molecule has 2 fully saturated rings. The van der Waals surface area contributed by atoms with Crippen LogP contribution in [0.4, 0.5) is 17.8 Å². The number of aryl methyl sites for hydroxylation is 1. The van der Waals surface area contributed by atoms with Gasteiger partial charge < -0.3 is 19.3 Å². The molecule has 2 aliphatic heterocycles. The van der Waals surface area contributed by atoms with E-state index in [4.69, 9.17) is 14.5 Å². The summed E-state index contributed by atoms with van der Waals surface area (Å²) in [5, 5.41) is 4.34. The molecule has 3 heterocycles. The largest absolute Gasteiger partial charge is 0.493 e. The summed E-state index contributed by atoms with van der Waals surface area (Å²) < 4.78 is 11.0. The number of hydrogen-bond donors (Lipinski definition) is 1. The molecule has 0 radical (unpaired) electrons. The van der Waals surface area contributed by atoms with Gasteiger partial charge in [-0.25, -0.2) is 10.2 Å². The van der Waals surface area contributed by atoms with Crippen LogP contribution in [0, 0.1) is 6.92 Å². The Kier molecular flexibility index (Phi) is 7.43. The number of ether oxygens (including phenoxy) is 2. The number of nitrogens with zero attached hydrogens (tertiary/aromatic N) is 6. The Morgan fingerprint density at radius 1 is 0.919 bits per heavy atom. The molecule has 3 aromatic rings. The molecule has 37 heavy (non-hydrogen) atoms. The molecule has 2 aromatic carbocycles. The van der Waals surface area contributed by atoms with Gasteiger partial charge in [-0.15, -0.1) is 0 Å². The van der Waals surface area contributed by atoms with Crippen molar-refractivity contribution in [2.24, 2.45) is 5.10 Å². The van der Waals surface area contributed by atoms with Gasteiger partial charge in [0.25, 0.3) is 0 Å². The first-order chi connectivity index (χ1) is 18.1. The third-order valence-corrected chi connectivity index (χ3v) is 6.41. The fraction of sp³-hybridized carbons (Fsp3) is 0.370. The maximum Gasteiger partial charge on any atom is 0.343 e. The second kappa shape index (κ2) is 11.2. The van der Waals surface area contributed by atoms with Crippen molar-refractivity contribution in [3.8, 4) is 11.5 Å². The number of aromatic nitrogens is 3. The maximum absolute atomic E-state index is 12.6. The number of esters is 1. The van der Waals surface area contributed by atoms with Crippen molar-refractivity contribution in [3.63, 3.8) is 0 Å². The number of carbonyl (C=O) groups is 1. The number of benzene rings is 2. The Balaban J connectivity index is 1.30. The number of anilines is 3. The van der Waals surface area contributed by atoms with Gasteiger partial charge in [-0.05, 0) is 68.5 Å². The van der Waals surface area contributed by atoms with Crippen LogP contribution in [0.15, 0.2) is 47.6 Å². The molecule has 1 aromatic heterocycles. The van der Waals surface area contributed by atoms with E-state index in [0.29, 0.717) is 34.9 Å². The highest BCUT2D eigenvalue weighted by Gasteiger charge is 2.21. The highest BCUT2D eigenvalue weighted by Crippen LogP contribution is 2.29. The molecule has 2 saturated heterocycles. The van der Waals surface area contributed by atoms with Gasteiger partial charge in [0, 0.05) is 26.2 Å². The van der Waals surface area contributed by atoms with Crippen LogP contribution in [0.1, 0.15) is 47.2 Å². The van der Waals surface area contributed by atoms with Gasteiger partial charge in [0.2, 0.25) is 17.8 Å². The summed E-state index contributed by atoms with van der Waals surface area (Å²) in [4.78, 5) is 30.9. The van der Waals surface area contributed by atoms with E-state index in [9.17, 15) is 4.79 Å². The number of rotatable bonds is 8. The number of methoxy groups -OCH3 is 1. The average Bonchev–Trinajstić information content (AvgIpc) is 3.64. The lowest BCUT2D eigenvalue weighted by Gasteiger charge is -2.20. The quantitative estimate of drug-likeness (QED) is 0.212. The van der Waals surface area contributed by atoms with Crippen LogP contribution >= 0.6 is 0 Å². The SMILES string of the molecule is COc1cc(/C=N\Nc2nc(N3CCCC3)nc(N3CCCC3)n2)ccc1OC(=O)c1cccc(C)c1. The molecule has 0 unspecified atom stereocenters. The molecule has 10 heteroatoms. The van der Waals surface area contributed by atoms with E-state index >= 15 is 0 Å². The predicted molar refractivity (Wildman–Crippen MR) is 143 cm³/mol. The first-order valence-electron chi connectivity index (χ1n) is 12.6. The zero-order chi connectivity index (χ0) is 25.6. The Morgan fingerprint density at radius 3 is 2.22 bits per heavy atom. The lowest BCUT2D eigenvalue weighted by molar-refractivity contribution is 0.0729. The summed E-state index contributed by atoms with van der Waals surface area (Å²) >= 11 is 0. The van der Waals surface area contributed by atoms with Gasteiger partial charge in [-0.3, -0.25) is 0 Å². The van der Waals surface area contributed by atoms with Gasteiger partial charge in [0.15, 0.2) is 11.5 Å². The van der Waals surface area contributed by atoms with E-state index in [-0.39, 0.29) is 0 Å². The van der Waals surface area contributed by atoms with E-state index in [2.05, 4.69) is 30.3 Å². The fourth-order valence-corrected chi connectivity index (χ4v) is 4.47. The number of hydrogen-bond acceptors (Lipinski definition) is 10. The van der Waals surface area contributed by atoms with Crippen molar-refractivity contribution < 1.29 is 14.3 Å². The maximum atomic E-state index is 12.6. The summed E-state index contributed by atoms with van der Waals surface area (Å²) in [6.45, 7) is 5.73. The Labute approximate surface area is 216 Å². The highest BCUT2D eigenvalue weighted by molar-refractivity contribution is 5.91. The van der Waals surface area contributed by atoms with Crippen LogP contribution in [0.25, 0.3) is 0 Å². The van der Waals surface area contributed by atoms with Crippen molar-refractivity contribution >= 4 is 30.0 Å². The fourth-order valence-electron chi connectivity index (χ4n) is 4.47. The second-order valence-corrected chi connectivity index (χ2v) is 9.19. The smallest absolute Gasteiger partial charge is 0.343 e. The first-order valence-corrected chi connectivity index (χ1v) is 12.6. The molecule has 0 aliphatic carbocycles. The molecule has 0 bridgehead atoms. The van der Waals surface area contributed by atoms with Gasteiger partial charge >= 0.3 is 5.97 Å². The van der Waals surface area contributed by atoms with Crippen molar-refractivity contribution in [2.75, 3.05) is 48.5 Å². The van der Waals surface area contributed by atoms with E-state index in [0.717, 1.165) is 63.0 Å². The minimum absolute atomic E-state index is 0.335. The number of carbonyl (C=O) groups excluding carboxylic acids is 1. The molecule has 0 amide bonds. The molecule has 1 N–H and O–H groups in total. The Hall–Kier alpha value is -4.21. The van der Waals surface area contributed by atoms with Crippen LogP contribution < -0.4 is 24.7 Å². The lowest BCUT2D eigenvalue weighted by Crippen LogP contribution is -2.25. The molecule has 10 nitrogen and oxygen atoms in total. The molecule has 192 valence electrons. The zero-order valence-electron chi connectivity index (χ0n) is 21.2. The average molecular weight is 502 g/mol. The van der Waals surface area contributed by atoms with Gasteiger partial charge in [0.1, 0.15) is 0 Å². The topological polar surface area (TPSA) is 105 Å². The van der Waals surface area contributed by atoms with Gasteiger partial charge in [-0.1, -0.05) is 17.7 Å². The van der Waals surface area contributed by atoms with Crippen molar-refractivity contribution in [1.82, 2.24) is 15.0 Å². The molecule has 0 saturated carbocycles. The summed E-state index contributed by atoms with van der Waals surface area (Å²) in [5.41, 5.74) is 5.18. The van der Waals surface area contributed by atoms with Crippen LogP contribution in [-0.2, 0) is 0 Å². The molecule has 0 spiro atoms. The lowest BCUT2D eigenvalue weighted by atomic mass is 10.1. The van der Waals surface area contributed by atoms with Crippen LogP contribution in [0.3, 0.4) is 0 Å². The van der Waals surface area contributed by atoms with Gasteiger partial charge in [-0.2, -0.15) is 20.1 Å². The summed E-state index contributed by atoms with van der Waals surface area (Å²) in [7, 11) is 1.53. The zero-order valence-corrected chi connectivity index (χ0v) is 21.2. The minimum atomic E-state index is -0.442. The van der Waals surface area contributed by atoms with Gasteiger partial charge in [0.05, 0.1) is 18.9 Å². The first kappa shape index (κ1) is 24.5. The highest BCUT2D eigenvalue weighted by atomic mass is 16.6. The minimum Gasteiger partial charge on any atom is -0.493 e. The molecular formula is C27H31N7O3. The standard InChI is InChI=1S/C27H31N7O3/c1-19-8-7-9-21(16-19)24(35)37-22-11-10-20(17-23(22)36-2)18-28-32-25-29-26(33-12-3-4-13-33)31-27(30-25)34-14-5-6-15-34/h7-11,16-18H,3-6,12-15H2,1-2H3,(H,29,30,31,32)/b28-18-. The third-order valence-electron chi connectivity index (χ3n) is 6.41. The van der Waals surface area contributed by atoms with E-state index < -0.39 is 5.97 Å². The predicted octanol–water partition coefficient (Wildman–Crippen LogP) is 4.05. The third kappa shape index (κ3) is 5.96. The molecular weight excluding hydrogens is 470 g/mol. The second-order valence-electron chi connectivity index (χ2n) is 9.19. The van der Waals surface area contributed by atoms with E-state index in [1.807, 2.05) is 19.1 Å². The monoisotopic (exact) mass is 501 g/mol. The van der Waals surface area contributed by atoms with Crippen molar-refractivity contribution in [3.05, 3.63) is 59.2 Å². The number of hydrazone groups is 1. The summed E-state index contributed by atoms with van der Waals surface area (Å²) in [6, 6.07) is 12.5. The number of nitrogens with one attached hydrogen (secondary N) is 1. The molecule has 2 aliphatic rings. The summed E-state index contributed by atoms with van der Waals surface area (Å²) in [6.07, 6.45) is 6.21. The summed E-state index contributed by atoms with van der Waals surface area (Å²) in [5.74, 6) is 2.11. The van der Waals surface area contributed by atoms with Crippen LogP contribution in [-0.4, -0.2) is 60.4 Å². The van der Waals surface area contributed by atoms with Crippen LogP contribution in [0.2, 0.25) is 0 Å². The molecule has 5 rings (SSSR count). The Morgan fingerprint density at radius 2 is 1.59 bits per heavy atom. The van der Waals surface area contributed by atoms with E-state index in [1.165, 1.54) is 7.11 Å². The van der Waals surface area contributed by atoms with E-state index in [1.54, 1.807) is 36.5 Å². The van der Waals surface area contributed by atoms with Crippen molar-refractivity contribution in [2.45, 2.75) is 32.6 Å².